The molecule has 7 heteroatoms. The van der Waals surface area contributed by atoms with Crippen LogP contribution in [-0.4, -0.2) is 45.2 Å². The number of imidazole rings is 1. The molecule has 0 bridgehead atoms. The first-order valence-corrected chi connectivity index (χ1v) is 7.78. The fourth-order valence-electron chi connectivity index (χ4n) is 2.77. The summed E-state index contributed by atoms with van der Waals surface area (Å²) in [6.07, 6.45) is 5.81. The van der Waals surface area contributed by atoms with E-state index in [1.807, 2.05) is 0 Å². The van der Waals surface area contributed by atoms with Crippen molar-refractivity contribution < 1.29 is 9.47 Å². The number of methoxy groups -OCH3 is 1. The predicted molar refractivity (Wildman–Crippen MR) is 79.9 cm³/mol. The first-order valence-electron chi connectivity index (χ1n) is 7.25. The van der Waals surface area contributed by atoms with Crippen molar-refractivity contribution in [3.05, 3.63) is 12.2 Å². The van der Waals surface area contributed by atoms with E-state index in [4.69, 9.17) is 21.1 Å². The maximum Gasteiger partial charge on any atom is 0.245 e. The Balaban J connectivity index is 1.91. The van der Waals surface area contributed by atoms with Crippen LogP contribution in [0.25, 0.3) is 11.2 Å². The smallest absolute Gasteiger partial charge is 0.245 e. The molecular formula is C14H19ClN4O2. The van der Waals surface area contributed by atoms with Crippen LogP contribution in [0, 0.1) is 0 Å². The Morgan fingerprint density at radius 3 is 3.10 bits per heavy atom. The Bertz CT molecular complexity index is 610. The molecule has 0 aromatic carbocycles. The standard InChI is InChI=1S/C14H19ClN4O2/c1-20-14-12-13(16-9-17-14)19(11(18-12)4-6-15)7-5-10-3-2-8-21-10/h9-10H,2-8H2,1H3. The molecule has 114 valence electrons. The molecule has 21 heavy (non-hydrogen) atoms. The van der Waals surface area contributed by atoms with Gasteiger partial charge in [0.1, 0.15) is 12.2 Å². The van der Waals surface area contributed by atoms with Crippen molar-refractivity contribution in [2.75, 3.05) is 19.6 Å². The van der Waals surface area contributed by atoms with Crippen LogP contribution in [0.5, 0.6) is 5.88 Å². The third kappa shape index (κ3) is 2.96. The van der Waals surface area contributed by atoms with Gasteiger partial charge in [-0.25, -0.2) is 9.97 Å². The maximum atomic E-state index is 5.89. The van der Waals surface area contributed by atoms with Crippen LogP contribution in [0.3, 0.4) is 0 Å². The van der Waals surface area contributed by atoms with Crippen LogP contribution in [0.2, 0.25) is 0 Å². The molecule has 0 radical (unpaired) electrons. The number of aryl methyl sites for hydroxylation is 2. The van der Waals surface area contributed by atoms with Crippen LogP contribution in [0.4, 0.5) is 0 Å². The van der Waals surface area contributed by atoms with Crippen molar-refractivity contribution in [1.82, 2.24) is 19.5 Å². The zero-order chi connectivity index (χ0) is 14.7. The topological polar surface area (TPSA) is 62.1 Å². The monoisotopic (exact) mass is 310 g/mol. The summed E-state index contributed by atoms with van der Waals surface area (Å²) in [5.41, 5.74) is 1.51. The molecule has 1 saturated heterocycles. The van der Waals surface area contributed by atoms with E-state index < -0.39 is 0 Å². The molecule has 6 nitrogen and oxygen atoms in total. The second-order valence-corrected chi connectivity index (χ2v) is 5.48. The van der Waals surface area contributed by atoms with Crippen molar-refractivity contribution in [3.63, 3.8) is 0 Å². The third-order valence-electron chi connectivity index (χ3n) is 3.79. The van der Waals surface area contributed by atoms with E-state index in [0.717, 1.165) is 43.9 Å². The fraction of sp³-hybridized carbons (Fsp3) is 0.643. The summed E-state index contributed by atoms with van der Waals surface area (Å²) in [6, 6.07) is 0. The van der Waals surface area contributed by atoms with Gasteiger partial charge in [0.05, 0.1) is 13.2 Å². The van der Waals surface area contributed by atoms with E-state index in [9.17, 15) is 0 Å². The van der Waals surface area contributed by atoms with Crippen LogP contribution in [0.15, 0.2) is 6.33 Å². The van der Waals surface area contributed by atoms with Gasteiger partial charge in [0, 0.05) is 25.5 Å². The highest BCUT2D eigenvalue weighted by Gasteiger charge is 2.19. The lowest BCUT2D eigenvalue weighted by atomic mass is 10.2. The van der Waals surface area contributed by atoms with Crippen LogP contribution >= 0.6 is 11.6 Å². The zero-order valence-corrected chi connectivity index (χ0v) is 12.8. The number of halogens is 1. The van der Waals surface area contributed by atoms with E-state index in [2.05, 4.69) is 19.5 Å². The molecule has 2 aromatic rings. The highest BCUT2D eigenvalue weighted by Crippen LogP contribution is 2.24. The number of aromatic nitrogens is 4. The molecular weight excluding hydrogens is 292 g/mol. The number of alkyl halides is 1. The van der Waals surface area contributed by atoms with Crippen molar-refractivity contribution in [2.24, 2.45) is 0 Å². The van der Waals surface area contributed by atoms with Gasteiger partial charge in [0.25, 0.3) is 0 Å². The lowest BCUT2D eigenvalue weighted by molar-refractivity contribution is 0.100. The summed E-state index contributed by atoms with van der Waals surface area (Å²) in [7, 11) is 1.59. The van der Waals surface area contributed by atoms with Gasteiger partial charge in [0.2, 0.25) is 5.88 Å². The first kappa shape index (κ1) is 14.5. The summed E-state index contributed by atoms with van der Waals surface area (Å²) in [5, 5.41) is 0. The third-order valence-corrected chi connectivity index (χ3v) is 3.98. The lowest BCUT2D eigenvalue weighted by Gasteiger charge is -2.12. The van der Waals surface area contributed by atoms with Gasteiger partial charge in [-0.3, -0.25) is 0 Å². The van der Waals surface area contributed by atoms with Crippen LogP contribution < -0.4 is 4.74 Å². The van der Waals surface area contributed by atoms with Gasteiger partial charge in [-0.2, -0.15) is 4.98 Å². The lowest BCUT2D eigenvalue weighted by Crippen LogP contribution is -2.12. The minimum Gasteiger partial charge on any atom is -0.479 e. The summed E-state index contributed by atoms with van der Waals surface area (Å²) in [5.74, 6) is 1.96. The molecule has 0 saturated carbocycles. The van der Waals surface area contributed by atoms with Gasteiger partial charge < -0.3 is 14.0 Å². The molecule has 3 heterocycles. The average Bonchev–Trinajstić information content (AvgIpc) is 3.12. The van der Waals surface area contributed by atoms with Crippen LogP contribution in [0.1, 0.15) is 25.1 Å². The molecule has 0 spiro atoms. The minimum absolute atomic E-state index is 0.343. The molecule has 1 aliphatic heterocycles. The second kappa shape index (κ2) is 6.58. The Kier molecular flexibility index (Phi) is 4.55. The Morgan fingerprint density at radius 2 is 2.38 bits per heavy atom. The highest BCUT2D eigenvalue weighted by atomic mass is 35.5. The number of hydrogen-bond acceptors (Lipinski definition) is 5. The summed E-state index contributed by atoms with van der Waals surface area (Å²) < 4.78 is 13.1. The highest BCUT2D eigenvalue weighted by molar-refractivity contribution is 6.17. The second-order valence-electron chi connectivity index (χ2n) is 5.10. The quantitative estimate of drug-likeness (QED) is 0.765. The maximum absolute atomic E-state index is 5.89. The molecule has 1 atom stereocenters. The number of hydrogen-bond donors (Lipinski definition) is 0. The molecule has 0 amide bonds. The molecule has 0 aliphatic carbocycles. The van der Waals surface area contributed by atoms with Gasteiger partial charge in [0.15, 0.2) is 11.2 Å². The normalized spacial score (nSPS) is 18.5. The van der Waals surface area contributed by atoms with E-state index >= 15 is 0 Å². The summed E-state index contributed by atoms with van der Waals surface area (Å²) >= 11 is 5.89. The molecule has 2 aromatic heterocycles. The van der Waals surface area contributed by atoms with E-state index in [1.54, 1.807) is 7.11 Å². The molecule has 0 N–H and O–H groups in total. The molecule has 1 unspecified atom stereocenters. The Labute approximate surface area is 128 Å². The van der Waals surface area contributed by atoms with Crippen molar-refractivity contribution >= 4 is 22.8 Å². The molecule has 1 aliphatic rings. The Morgan fingerprint density at radius 1 is 1.48 bits per heavy atom. The average molecular weight is 311 g/mol. The number of fused-ring (bicyclic) bond motifs is 1. The SMILES string of the molecule is COc1ncnc2c1nc(CCCl)n2CCC1CCCO1. The summed E-state index contributed by atoms with van der Waals surface area (Å²) in [4.78, 5) is 13.1. The van der Waals surface area contributed by atoms with E-state index in [1.165, 1.54) is 6.33 Å². The minimum atomic E-state index is 0.343. The molecule has 3 rings (SSSR count). The number of ether oxygens (including phenoxy) is 2. The van der Waals surface area contributed by atoms with Gasteiger partial charge in [-0.15, -0.1) is 11.6 Å². The summed E-state index contributed by atoms with van der Waals surface area (Å²) in [6.45, 7) is 1.70. The van der Waals surface area contributed by atoms with Gasteiger partial charge in [-0.1, -0.05) is 0 Å². The number of nitrogens with zero attached hydrogens (tertiary/aromatic N) is 4. The van der Waals surface area contributed by atoms with Crippen LogP contribution in [-0.2, 0) is 17.7 Å². The largest absolute Gasteiger partial charge is 0.479 e. The van der Waals surface area contributed by atoms with Crippen molar-refractivity contribution in [2.45, 2.75) is 38.3 Å². The predicted octanol–water partition coefficient (Wildman–Crippen LogP) is 2.19. The Hall–Kier alpha value is -1.40. The van der Waals surface area contributed by atoms with Crippen molar-refractivity contribution in [3.8, 4) is 5.88 Å². The van der Waals surface area contributed by atoms with Crippen molar-refractivity contribution in [1.29, 1.82) is 0 Å². The van der Waals surface area contributed by atoms with Gasteiger partial charge in [-0.05, 0) is 19.3 Å². The fourth-order valence-corrected chi connectivity index (χ4v) is 2.93. The van der Waals surface area contributed by atoms with E-state index in [-0.39, 0.29) is 0 Å². The van der Waals surface area contributed by atoms with Gasteiger partial charge >= 0.3 is 0 Å². The molecule has 1 fully saturated rings. The van der Waals surface area contributed by atoms with E-state index in [0.29, 0.717) is 29.8 Å². The zero-order valence-electron chi connectivity index (χ0n) is 12.1. The number of rotatable bonds is 6. The first-order chi connectivity index (χ1) is 10.3.